The summed E-state index contributed by atoms with van der Waals surface area (Å²) in [4.78, 5) is 17.8. The lowest BCUT2D eigenvalue weighted by Crippen LogP contribution is -2.11. The summed E-state index contributed by atoms with van der Waals surface area (Å²) in [5.41, 5.74) is 1.57. The predicted octanol–water partition coefficient (Wildman–Crippen LogP) is 4.66. The number of rotatable bonds is 4. The molecule has 0 saturated carbocycles. The third kappa shape index (κ3) is 3.25. The van der Waals surface area contributed by atoms with Crippen molar-refractivity contribution in [2.75, 3.05) is 11.1 Å². The third-order valence-electron chi connectivity index (χ3n) is 2.92. The Morgan fingerprint density at radius 3 is 2.90 bits per heavy atom. The lowest BCUT2D eigenvalue weighted by atomic mass is 10.2. The maximum atomic E-state index is 12.3. The van der Waals surface area contributed by atoms with Crippen LogP contribution < -0.4 is 5.32 Å². The predicted molar refractivity (Wildman–Crippen MR) is 90.4 cm³/mol. The molecule has 0 radical (unpaired) electrons. The highest BCUT2D eigenvalue weighted by molar-refractivity contribution is 7.99. The van der Waals surface area contributed by atoms with Crippen LogP contribution >= 0.6 is 23.1 Å². The van der Waals surface area contributed by atoms with Gasteiger partial charge < -0.3 is 0 Å². The van der Waals surface area contributed by atoms with Crippen molar-refractivity contribution in [3.8, 4) is 0 Å². The zero-order chi connectivity index (χ0) is 14.7. The molecule has 0 bridgehead atoms. The zero-order valence-electron chi connectivity index (χ0n) is 11.5. The lowest BCUT2D eigenvalue weighted by Gasteiger charge is -2.04. The molecule has 3 aromatic rings. The second kappa shape index (κ2) is 6.28. The van der Waals surface area contributed by atoms with E-state index in [0.717, 1.165) is 20.9 Å². The number of hydrogen-bond donors (Lipinski definition) is 1. The molecule has 1 N–H and O–H groups in total. The number of carbonyl (C=O) groups excluding carboxylic acids is 1. The Bertz CT molecular complexity index is 750. The summed E-state index contributed by atoms with van der Waals surface area (Å²) in [5, 5.41) is 3.51. The number of thiazole rings is 1. The van der Waals surface area contributed by atoms with Crippen molar-refractivity contribution in [1.82, 2.24) is 4.98 Å². The minimum absolute atomic E-state index is 0.118. The number of anilines is 1. The first-order chi connectivity index (χ1) is 10.3. The van der Waals surface area contributed by atoms with Gasteiger partial charge in [-0.25, -0.2) is 4.98 Å². The molecule has 106 valence electrons. The minimum atomic E-state index is -0.118. The molecule has 0 aliphatic heterocycles. The van der Waals surface area contributed by atoms with Gasteiger partial charge >= 0.3 is 0 Å². The molecule has 21 heavy (non-hydrogen) atoms. The van der Waals surface area contributed by atoms with Crippen molar-refractivity contribution < 1.29 is 4.79 Å². The van der Waals surface area contributed by atoms with E-state index in [4.69, 9.17) is 0 Å². The summed E-state index contributed by atoms with van der Waals surface area (Å²) in [5.74, 6) is 0.871. The number of nitrogens with one attached hydrogen (secondary N) is 1. The molecule has 0 fully saturated rings. The van der Waals surface area contributed by atoms with Crippen LogP contribution in [0.25, 0.3) is 10.2 Å². The summed E-state index contributed by atoms with van der Waals surface area (Å²) in [6.45, 7) is 2.10. The van der Waals surface area contributed by atoms with E-state index in [0.29, 0.717) is 10.7 Å². The molecule has 2 aromatic carbocycles. The molecular weight excluding hydrogens is 300 g/mol. The first-order valence-electron chi connectivity index (χ1n) is 6.66. The Morgan fingerprint density at radius 2 is 2.10 bits per heavy atom. The van der Waals surface area contributed by atoms with E-state index in [9.17, 15) is 4.79 Å². The Labute approximate surface area is 131 Å². The number of benzene rings is 2. The van der Waals surface area contributed by atoms with Crippen molar-refractivity contribution >= 4 is 44.4 Å². The van der Waals surface area contributed by atoms with Crippen LogP contribution in [0.2, 0.25) is 0 Å². The minimum Gasteiger partial charge on any atom is -0.298 e. The quantitative estimate of drug-likeness (QED) is 0.712. The molecule has 1 aromatic heterocycles. The van der Waals surface area contributed by atoms with Gasteiger partial charge in [-0.2, -0.15) is 0 Å². The van der Waals surface area contributed by atoms with Crippen LogP contribution in [0.1, 0.15) is 17.3 Å². The monoisotopic (exact) mass is 314 g/mol. The largest absolute Gasteiger partial charge is 0.298 e. The van der Waals surface area contributed by atoms with Crippen LogP contribution in [0, 0.1) is 0 Å². The molecule has 0 unspecified atom stereocenters. The number of thioether (sulfide) groups is 1. The molecule has 0 spiro atoms. The van der Waals surface area contributed by atoms with Crippen molar-refractivity contribution in [3.05, 3.63) is 54.1 Å². The number of carbonyl (C=O) groups is 1. The Morgan fingerprint density at radius 1 is 1.24 bits per heavy atom. The molecule has 0 saturated heterocycles. The van der Waals surface area contributed by atoms with E-state index < -0.39 is 0 Å². The summed E-state index contributed by atoms with van der Waals surface area (Å²) in [6.07, 6.45) is 0. The number of para-hydroxylation sites is 1. The van der Waals surface area contributed by atoms with Gasteiger partial charge in [0.1, 0.15) is 0 Å². The van der Waals surface area contributed by atoms with E-state index in [-0.39, 0.29) is 5.91 Å². The van der Waals surface area contributed by atoms with Crippen molar-refractivity contribution in [2.24, 2.45) is 0 Å². The number of amides is 1. The van der Waals surface area contributed by atoms with Crippen LogP contribution in [0.3, 0.4) is 0 Å². The van der Waals surface area contributed by atoms with Crippen LogP contribution in [-0.4, -0.2) is 16.6 Å². The fourth-order valence-electron chi connectivity index (χ4n) is 1.99. The fourth-order valence-corrected chi connectivity index (χ4v) is 3.57. The summed E-state index contributed by atoms with van der Waals surface area (Å²) in [6, 6.07) is 15.5. The van der Waals surface area contributed by atoms with E-state index in [1.807, 2.05) is 48.5 Å². The average Bonchev–Trinajstić information content (AvgIpc) is 2.90. The summed E-state index contributed by atoms with van der Waals surface area (Å²) < 4.78 is 1.07. The van der Waals surface area contributed by atoms with Gasteiger partial charge in [0, 0.05) is 10.5 Å². The van der Waals surface area contributed by atoms with Crippen molar-refractivity contribution in [2.45, 2.75) is 11.8 Å². The van der Waals surface area contributed by atoms with E-state index in [1.54, 1.807) is 11.8 Å². The maximum Gasteiger partial charge on any atom is 0.257 e. The number of nitrogens with zero attached hydrogens (tertiary/aromatic N) is 1. The zero-order valence-corrected chi connectivity index (χ0v) is 13.1. The second-order valence-electron chi connectivity index (χ2n) is 4.40. The van der Waals surface area contributed by atoms with Crippen molar-refractivity contribution in [1.29, 1.82) is 0 Å². The molecular formula is C16H14N2OS2. The molecule has 3 rings (SSSR count). The van der Waals surface area contributed by atoms with E-state index >= 15 is 0 Å². The van der Waals surface area contributed by atoms with E-state index in [2.05, 4.69) is 17.2 Å². The smallest absolute Gasteiger partial charge is 0.257 e. The Balaban J connectivity index is 1.80. The molecule has 0 aliphatic carbocycles. The van der Waals surface area contributed by atoms with Crippen LogP contribution in [0.4, 0.5) is 5.13 Å². The molecule has 5 heteroatoms. The van der Waals surface area contributed by atoms with Gasteiger partial charge in [-0.05, 0) is 36.1 Å². The number of aromatic nitrogens is 1. The molecule has 0 atom stereocenters. The first-order valence-corrected chi connectivity index (χ1v) is 8.46. The van der Waals surface area contributed by atoms with Crippen molar-refractivity contribution in [3.63, 3.8) is 0 Å². The maximum absolute atomic E-state index is 12.3. The topological polar surface area (TPSA) is 42.0 Å². The average molecular weight is 314 g/mol. The van der Waals surface area contributed by atoms with Gasteiger partial charge in [-0.1, -0.05) is 36.5 Å². The highest BCUT2D eigenvalue weighted by atomic mass is 32.2. The van der Waals surface area contributed by atoms with E-state index in [1.165, 1.54) is 11.3 Å². The van der Waals surface area contributed by atoms with Gasteiger partial charge in [0.2, 0.25) is 0 Å². The highest BCUT2D eigenvalue weighted by Crippen LogP contribution is 2.26. The summed E-state index contributed by atoms with van der Waals surface area (Å²) in [7, 11) is 0. The number of hydrogen-bond acceptors (Lipinski definition) is 4. The normalized spacial score (nSPS) is 10.7. The van der Waals surface area contributed by atoms with Gasteiger partial charge in [0.05, 0.1) is 10.2 Å². The van der Waals surface area contributed by atoms with Gasteiger partial charge in [-0.15, -0.1) is 11.8 Å². The van der Waals surface area contributed by atoms with Crippen LogP contribution in [0.5, 0.6) is 0 Å². The first kappa shape index (κ1) is 14.1. The summed E-state index contributed by atoms with van der Waals surface area (Å²) >= 11 is 3.21. The molecule has 1 amide bonds. The molecule has 1 heterocycles. The lowest BCUT2D eigenvalue weighted by molar-refractivity contribution is 0.102. The van der Waals surface area contributed by atoms with Crippen LogP contribution in [0.15, 0.2) is 53.4 Å². The van der Waals surface area contributed by atoms with Gasteiger partial charge in [0.15, 0.2) is 5.13 Å². The molecule has 0 aliphatic rings. The number of fused-ring (bicyclic) bond motifs is 1. The Kier molecular flexibility index (Phi) is 4.22. The van der Waals surface area contributed by atoms with Gasteiger partial charge in [-0.3, -0.25) is 10.1 Å². The third-order valence-corrected chi connectivity index (χ3v) is 4.75. The van der Waals surface area contributed by atoms with Crippen LogP contribution in [-0.2, 0) is 0 Å². The second-order valence-corrected chi connectivity index (χ2v) is 6.77. The molecule has 3 nitrogen and oxygen atoms in total. The van der Waals surface area contributed by atoms with Gasteiger partial charge in [0.25, 0.3) is 5.91 Å². The standard InChI is InChI=1S/C16H14N2OS2/c1-2-20-12-7-5-6-11(10-12)15(19)18-16-17-13-8-3-4-9-14(13)21-16/h3-10H,2H2,1H3,(H,17,18,19). The SMILES string of the molecule is CCSc1cccc(C(=O)Nc2nc3ccccc3s2)c1. The fraction of sp³-hybridized carbons (Fsp3) is 0.125. The highest BCUT2D eigenvalue weighted by Gasteiger charge is 2.10. The Hall–Kier alpha value is -1.85.